The van der Waals surface area contributed by atoms with E-state index in [1.807, 2.05) is 36.4 Å². The molecule has 0 aliphatic heterocycles. The van der Waals surface area contributed by atoms with Crippen LogP contribution in [0.2, 0.25) is 10.0 Å². The SMILES string of the molecule is O=C(N/N=C/c1ccc(C#Cc2ccc(Cl)cc2)cc1)c1ccc(O)c(Cl)c1. The predicted octanol–water partition coefficient (Wildman–Crippen LogP) is 4.86. The van der Waals surface area contributed by atoms with Crippen LogP contribution in [0.3, 0.4) is 0 Å². The van der Waals surface area contributed by atoms with E-state index in [-0.39, 0.29) is 10.8 Å². The number of phenols is 1. The van der Waals surface area contributed by atoms with Gasteiger partial charge in [0.2, 0.25) is 0 Å². The van der Waals surface area contributed by atoms with Gasteiger partial charge in [0.05, 0.1) is 11.2 Å². The second-order valence-electron chi connectivity index (χ2n) is 5.74. The molecule has 0 aliphatic carbocycles. The van der Waals surface area contributed by atoms with E-state index in [2.05, 4.69) is 22.4 Å². The minimum absolute atomic E-state index is 0.0824. The number of nitrogens with zero attached hydrogens (tertiary/aromatic N) is 1. The van der Waals surface area contributed by atoms with Crippen molar-refractivity contribution < 1.29 is 9.90 Å². The van der Waals surface area contributed by atoms with E-state index in [0.717, 1.165) is 16.7 Å². The molecule has 0 heterocycles. The van der Waals surface area contributed by atoms with Crippen LogP contribution in [-0.2, 0) is 0 Å². The molecule has 4 nitrogen and oxygen atoms in total. The fraction of sp³-hybridized carbons (Fsp3) is 0. The van der Waals surface area contributed by atoms with Crippen molar-refractivity contribution in [3.05, 3.63) is 99.0 Å². The summed E-state index contributed by atoms with van der Waals surface area (Å²) in [5, 5.41) is 14.1. The minimum Gasteiger partial charge on any atom is -0.506 e. The highest BCUT2D eigenvalue weighted by atomic mass is 35.5. The summed E-state index contributed by atoms with van der Waals surface area (Å²) >= 11 is 11.6. The number of aromatic hydroxyl groups is 1. The maximum absolute atomic E-state index is 12.0. The molecule has 0 unspecified atom stereocenters. The molecule has 6 heteroatoms. The second-order valence-corrected chi connectivity index (χ2v) is 6.59. The zero-order valence-electron chi connectivity index (χ0n) is 14.5. The lowest BCUT2D eigenvalue weighted by Gasteiger charge is -2.02. The van der Waals surface area contributed by atoms with Crippen molar-refractivity contribution in [3.63, 3.8) is 0 Å². The van der Waals surface area contributed by atoms with Crippen molar-refractivity contribution in [2.75, 3.05) is 0 Å². The van der Waals surface area contributed by atoms with E-state index in [4.69, 9.17) is 23.2 Å². The number of hydrogen-bond donors (Lipinski definition) is 2. The van der Waals surface area contributed by atoms with Gasteiger partial charge in [-0.1, -0.05) is 47.2 Å². The molecule has 0 spiro atoms. The Morgan fingerprint density at radius 1 is 0.929 bits per heavy atom. The molecule has 3 aromatic carbocycles. The van der Waals surface area contributed by atoms with Crippen LogP contribution in [0.1, 0.15) is 27.0 Å². The number of halogens is 2. The Morgan fingerprint density at radius 2 is 1.54 bits per heavy atom. The standard InChI is InChI=1S/C22H14Cl2N2O2/c23-19-10-7-16(8-11-19)2-1-15-3-5-17(6-4-15)14-25-26-22(28)18-9-12-21(27)20(24)13-18/h3-14,27H,(H,26,28)/b25-14+. The summed E-state index contributed by atoms with van der Waals surface area (Å²) in [6, 6.07) is 18.9. The molecule has 0 radical (unpaired) electrons. The molecule has 0 atom stereocenters. The first kappa shape index (κ1) is 19.5. The van der Waals surface area contributed by atoms with Gasteiger partial charge in [-0.05, 0) is 60.2 Å². The van der Waals surface area contributed by atoms with Crippen LogP contribution in [0.4, 0.5) is 0 Å². The maximum Gasteiger partial charge on any atom is 0.271 e. The van der Waals surface area contributed by atoms with E-state index >= 15 is 0 Å². The largest absolute Gasteiger partial charge is 0.506 e. The van der Waals surface area contributed by atoms with Crippen molar-refractivity contribution in [1.82, 2.24) is 5.43 Å². The van der Waals surface area contributed by atoms with Crippen LogP contribution >= 0.6 is 23.2 Å². The van der Waals surface area contributed by atoms with Gasteiger partial charge in [0.1, 0.15) is 5.75 Å². The Kier molecular flexibility index (Phi) is 6.33. The molecule has 2 N–H and O–H groups in total. The van der Waals surface area contributed by atoms with Crippen LogP contribution in [0, 0.1) is 11.8 Å². The van der Waals surface area contributed by atoms with E-state index in [1.165, 1.54) is 24.4 Å². The second kappa shape index (κ2) is 9.09. The minimum atomic E-state index is -0.427. The zero-order valence-corrected chi connectivity index (χ0v) is 16.0. The Labute approximate surface area is 172 Å². The zero-order chi connectivity index (χ0) is 19.9. The Balaban J connectivity index is 1.60. The Morgan fingerprint density at radius 3 is 2.14 bits per heavy atom. The number of carbonyl (C=O) groups excluding carboxylic acids is 1. The molecule has 0 aromatic heterocycles. The van der Waals surface area contributed by atoms with E-state index in [1.54, 1.807) is 12.1 Å². The lowest BCUT2D eigenvalue weighted by molar-refractivity contribution is 0.0955. The number of amides is 1. The third-order valence-corrected chi connectivity index (χ3v) is 4.25. The van der Waals surface area contributed by atoms with Crippen molar-refractivity contribution in [1.29, 1.82) is 0 Å². The number of carbonyl (C=O) groups is 1. The summed E-state index contributed by atoms with van der Waals surface area (Å²) in [6.07, 6.45) is 1.52. The van der Waals surface area contributed by atoms with Crippen molar-refractivity contribution in [3.8, 4) is 17.6 Å². The summed E-state index contributed by atoms with van der Waals surface area (Å²) in [7, 11) is 0. The topological polar surface area (TPSA) is 61.7 Å². The van der Waals surface area contributed by atoms with Gasteiger partial charge in [0, 0.05) is 21.7 Å². The number of hydrazone groups is 1. The third-order valence-electron chi connectivity index (χ3n) is 3.70. The summed E-state index contributed by atoms with van der Waals surface area (Å²) in [6.45, 7) is 0. The van der Waals surface area contributed by atoms with Crippen LogP contribution in [0.5, 0.6) is 5.75 Å². The van der Waals surface area contributed by atoms with E-state index in [9.17, 15) is 9.90 Å². The first-order chi connectivity index (χ1) is 13.5. The van der Waals surface area contributed by atoms with Crippen molar-refractivity contribution >= 4 is 35.3 Å². The molecule has 3 aromatic rings. The van der Waals surface area contributed by atoms with Crippen molar-refractivity contribution in [2.45, 2.75) is 0 Å². The number of phenolic OH excluding ortho intramolecular Hbond substituents is 1. The van der Waals surface area contributed by atoms with E-state index in [0.29, 0.717) is 10.6 Å². The number of benzene rings is 3. The highest BCUT2D eigenvalue weighted by Gasteiger charge is 2.07. The average molecular weight is 409 g/mol. The molecule has 0 saturated carbocycles. The first-order valence-corrected chi connectivity index (χ1v) is 8.96. The molecule has 0 bridgehead atoms. The monoisotopic (exact) mass is 408 g/mol. The van der Waals surface area contributed by atoms with Gasteiger partial charge in [-0.15, -0.1) is 0 Å². The molecule has 138 valence electrons. The van der Waals surface area contributed by atoms with Gasteiger partial charge in [0.25, 0.3) is 5.91 Å². The summed E-state index contributed by atoms with van der Waals surface area (Å²) in [5.74, 6) is 5.63. The van der Waals surface area contributed by atoms with Crippen LogP contribution in [0.25, 0.3) is 0 Å². The molecule has 0 aliphatic rings. The smallest absolute Gasteiger partial charge is 0.271 e. The van der Waals surface area contributed by atoms with Gasteiger partial charge in [-0.2, -0.15) is 5.10 Å². The quantitative estimate of drug-likeness (QED) is 0.369. The third kappa shape index (κ3) is 5.37. The normalized spacial score (nSPS) is 10.4. The highest BCUT2D eigenvalue weighted by molar-refractivity contribution is 6.32. The predicted molar refractivity (Wildman–Crippen MR) is 112 cm³/mol. The lowest BCUT2D eigenvalue weighted by Crippen LogP contribution is -2.17. The summed E-state index contributed by atoms with van der Waals surface area (Å²) < 4.78 is 0. The number of nitrogens with one attached hydrogen (secondary N) is 1. The van der Waals surface area contributed by atoms with Gasteiger partial charge in [-0.25, -0.2) is 5.43 Å². The highest BCUT2D eigenvalue weighted by Crippen LogP contribution is 2.23. The Bertz CT molecular complexity index is 1080. The van der Waals surface area contributed by atoms with Gasteiger partial charge in [-0.3, -0.25) is 4.79 Å². The van der Waals surface area contributed by atoms with Gasteiger partial charge >= 0.3 is 0 Å². The Hall–Kier alpha value is -3.26. The molecular formula is C22H14Cl2N2O2. The lowest BCUT2D eigenvalue weighted by atomic mass is 10.1. The van der Waals surface area contributed by atoms with Gasteiger partial charge < -0.3 is 5.11 Å². The number of hydrogen-bond acceptors (Lipinski definition) is 3. The summed E-state index contributed by atoms with van der Waals surface area (Å²) in [5.41, 5.74) is 5.25. The van der Waals surface area contributed by atoms with Gasteiger partial charge in [0.15, 0.2) is 0 Å². The fourth-order valence-corrected chi connectivity index (χ4v) is 2.51. The number of rotatable bonds is 3. The molecule has 3 rings (SSSR count). The fourth-order valence-electron chi connectivity index (χ4n) is 2.21. The average Bonchev–Trinajstić information content (AvgIpc) is 2.70. The van der Waals surface area contributed by atoms with E-state index < -0.39 is 5.91 Å². The van der Waals surface area contributed by atoms with Crippen LogP contribution in [-0.4, -0.2) is 17.2 Å². The molecule has 28 heavy (non-hydrogen) atoms. The maximum atomic E-state index is 12.0. The molecule has 0 fully saturated rings. The summed E-state index contributed by atoms with van der Waals surface area (Å²) in [4.78, 5) is 12.0. The molecule has 0 saturated heterocycles. The first-order valence-electron chi connectivity index (χ1n) is 8.21. The molecule has 1 amide bonds. The van der Waals surface area contributed by atoms with Crippen LogP contribution < -0.4 is 5.43 Å². The van der Waals surface area contributed by atoms with Crippen LogP contribution in [0.15, 0.2) is 71.8 Å². The van der Waals surface area contributed by atoms with Crippen molar-refractivity contribution in [2.24, 2.45) is 5.10 Å². The molecular weight excluding hydrogens is 395 g/mol.